The van der Waals surface area contributed by atoms with Crippen LogP contribution in [0.4, 0.5) is 0 Å². The minimum Gasteiger partial charge on any atom is -0.381 e. The molecule has 2 N–H and O–H groups in total. The summed E-state index contributed by atoms with van der Waals surface area (Å²) in [6.45, 7) is 1.80. The Morgan fingerprint density at radius 1 is 1.42 bits per heavy atom. The SMILES string of the molecule is NS(=O)CCCC1CCOCC1. The Hall–Kier alpha value is 0.0700. The van der Waals surface area contributed by atoms with E-state index in [0.29, 0.717) is 5.75 Å². The number of rotatable bonds is 4. The summed E-state index contributed by atoms with van der Waals surface area (Å²) in [7, 11) is -1.10. The van der Waals surface area contributed by atoms with Gasteiger partial charge in [-0.25, -0.2) is 4.21 Å². The molecule has 72 valence electrons. The summed E-state index contributed by atoms with van der Waals surface area (Å²) in [5.74, 6) is 1.43. The van der Waals surface area contributed by atoms with E-state index in [0.717, 1.165) is 44.8 Å². The lowest BCUT2D eigenvalue weighted by Crippen LogP contribution is -2.17. The van der Waals surface area contributed by atoms with Gasteiger partial charge in [0.1, 0.15) is 0 Å². The van der Waals surface area contributed by atoms with E-state index in [4.69, 9.17) is 9.88 Å². The number of hydrogen-bond donors (Lipinski definition) is 1. The van der Waals surface area contributed by atoms with Crippen LogP contribution in [0, 0.1) is 5.92 Å². The van der Waals surface area contributed by atoms with Crippen molar-refractivity contribution in [3.63, 3.8) is 0 Å². The molecule has 4 heteroatoms. The maximum atomic E-state index is 10.5. The van der Waals surface area contributed by atoms with Gasteiger partial charge in [0.05, 0.1) is 11.0 Å². The van der Waals surface area contributed by atoms with Crippen molar-refractivity contribution < 1.29 is 8.95 Å². The van der Waals surface area contributed by atoms with Crippen molar-refractivity contribution in [3.8, 4) is 0 Å². The monoisotopic (exact) mass is 191 g/mol. The Bertz CT molecular complexity index is 146. The van der Waals surface area contributed by atoms with Gasteiger partial charge in [-0.3, -0.25) is 5.14 Å². The van der Waals surface area contributed by atoms with Crippen LogP contribution >= 0.6 is 0 Å². The first-order valence-corrected chi connectivity index (χ1v) is 5.88. The van der Waals surface area contributed by atoms with Crippen molar-refractivity contribution in [3.05, 3.63) is 0 Å². The average Bonchev–Trinajstić information content (AvgIpc) is 2.05. The normalized spacial score (nSPS) is 22.4. The molecule has 1 aliphatic heterocycles. The van der Waals surface area contributed by atoms with Crippen LogP contribution < -0.4 is 5.14 Å². The Labute approximate surface area is 76.3 Å². The van der Waals surface area contributed by atoms with E-state index >= 15 is 0 Å². The summed E-state index contributed by atoms with van der Waals surface area (Å²) in [6.07, 6.45) is 4.48. The zero-order chi connectivity index (χ0) is 8.81. The highest BCUT2D eigenvalue weighted by Crippen LogP contribution is 2.19. The third-order valence-electron chi connectivity index (χ3n) is 2.30. The second-order valence-corrected chi connectivity index (χ2v) is 4.45. The van der Waals surface area contributed by atoms with Gasteiger partial charge in [-0.1, -0.05) is 0 Å². The minimum absolute atomic E-state index is 0.650. The van der Waals surface area contributed by atoms with Gasteiger partial charge >= 0.3 is 0 Å². The summed E-state index contributed by atoms with van der Waals surface area (Å²) in [6, 6.07) is 0. The van der Waals surface area contributed by atoms with Crippen LogP contribution in [0.5, 0.6) is 0 Å². The molecule has 0 aromatic rings. The van der Waals surface area contributed by atoms with E-state index in [-0.39, 0.29) is 0 Å². The van der Waals surface area contributed by atoms with Crippen LogP contribution in [-0.2, 0) is 15.7 Å². The molecule has 3 nitrogen and oxygen atoms in total. The summed E-state index contributed by atoms with van der Waals surface area (Å²) >= 11 is 0. The van der Waals surface area contributed by atoms with Crippen molar-refractivity contribution in [2.24, 2.45) is 11.1 Å². The first-order chi connectivity index (χ1) is 5.79. The molecule has 0 bridgehead atoms. The van der Waals surface area contributed by atoms with Gasteiger partial charge in [-0.05, 0) is 31.6 Å². The highest BCUT2D eigenvalue weighted by Gasteiger charge is 2.12. The summed E-state index contributed by atoms with van der Waals surface area (Å²) < 4.78 is 15.8. The lowest BCUT2D eigenvalue weighted by Gasteiger charge is -2.21. The molecule has 1 aliphatic rings. The summed E-state index contributed by atoms with van der Waals surface area (Å²) in [5.41, 5.74) is 0. The molecular formula is C8H17NO2S. The van der Waals surface area contributed by atoms with Gasteiger partial charge in [0.2, 0.25) is 0 Å². The molecule has 1 fully saturated rings. The largest absolute Gasteiger partial charge is 0.381 e. The molecule has 1 unspecified atom stereocenters. The predicted molar refractivity (Wildman–Crippen MR) is 50.0 cm³/mol. The molecule has 12 heavy (non-hydrogen) atoms. The van der Waals surface area contributed by atoms with Crippen molar-refractivity contribution in [2.75, 3.05) is 19.0 Å². The molecule has 1 heterocycles. The molecule has 0 aromatic carbocycles. The van der Waals surface area contributed by atoms with Crippen molar-refractivity contribution in [1.82, 2.24) is 0 Å². The lowest BCUT2D eigenvalue weighted by atomic mass is 9.95. The molecule has 0 aliphatic carbocycles. The molecule has 1 atom stereocenters. The van der Waals surface area contributed by atoms with Crippen molar-refractivity contribution >= 4 is 11.0 Å². The third-order valence-corrected chi connectivity index (χ3v) is 2.99. The standard InChI is InChI=1S/C8H17NO2S/c9-12(10)7-1-2-8-3-5-11-6-4-8/h8H,1-7,9H2. The Morgan fingerprint density at radius 3 is 2.67 bits per heavy atom. The highest BCUT2D eigenvalue weighted by molar-refractivity contribution is 7.82. The fourth-order valence-corrected chi connectivity index (χ4v) is 2.00. The fraction of sp³-hybridized carbons (Fsp3) is 1.00. The Morgan fingerprint density at radius 2 is 2.08 bits per heavy atom. The third kappa shape index (κ3) is 4.18. The van der Waals surface area contributed by atoms with Crippen LogP contribution in [0.1, 0.15) is 25.7 Å². The molecular weight excluding hydrogens is 174 g/mol. The van der Waals surface area contributed by atoms with Crippen molar-refractivity contribution in [2.45, 2.75) is 25.7 Å². The number of hydrogen-bond acceptors (Lipinski definition) is 2. The van der Waals surface area contributed by atoms with E-state index in [2.05, 4.69) is 0 Å². The predicted octanol–water partition coefficient (Wildman–Crippen LogP) is 0.816. The smallest absolute Gasteiger partial charge is 0.0887 e. The van der Waals surface area contributed by atoms with Crippen LogP contribution in [0.25, 0.3) is 0 Å². The van der Waals surface area contributed by atoms with Gasteiger partial charge in [-0.2, -0.15) is 0 Å². The maximum Gasteiger partial charge on any atom is 0.0887 e. The average molecular weight is 191 g/mol. The van der Waals surface area contributed by atoms with Gasteiger partial charge in [0, 0.05) is 19.0 Å². The Balaban J connectivity index is 2.01. The van der Waals surface area contributed by atoms with Crippen LogP contribution in [0.2, 0.25) is 0 Å². The van der Waals surface area contributed by atoms with Crippen LogP contribution in [0.3, 0.4) is 0 Å². The second kappa shape index (κ2) is 5.67. The topological polar surface area (TPSA) is 52.3 Å². The minimum atomic E-state index is -1.10. The highest BCUT2D eigenvalue weighted by atomic mass is 32.2. The molecule has 1 saturated heterocycles. The first kappa shape index (κ1) is 10.2. The van der Waals surface area contributed by atoms with Crippen LogP contribution in [0.15, 0.2) is 0 Å². The quantitative estimate of drug-likeness (QED) is 0.715. The van der Waals surface area contributed by atoms with Crippen LogP contribution in [-0.4, -0.2) is 23.2 Å². The van der Waals surface area contributed by atoms with E-state index in [9.17, 15) is 4.21 Å². The maximum absolute atomic E-state index is 10.5. The molecule has 0 saturated carbocycles. The number of nitrogens with two attached hydrogens (primary N) is 1. The lowest BCUT2D eigenvalue weighted by molar-refractivity contribution is 0.0638. The zero-order valence-corrected chi connectivity index (χ0v) is 8.15. The second-order valence-electron chi connectivity index (χ2n) is 3.28. The molecule has 0 aromatic heterocycles. The Kier molecular flexibility index (Phi) is 4.80. The molecule has 0 spiro atoms. The molecule has 1 rings (SSSR count). The zero-order valence-electron chi connectivity index (χ0n) is 7.33. The van der Waals surface area contributed by atoms with Gasteiger partial charge in [0.25, 0.3) is 0 Å². The van der Waals surface area contributed by atoms with Gasteiger partial charge in [-0.15, -0.1) is 0 Å². The van der Waals surface area contributed by atoms with Gasteiger partial charge in [0.15, 0.2) is 0 Å². The fourth-order valence-electron chi connectivity index (χ4n) is 1.55. The summed E-state index contributed by atoms with van der Waals surface area (Å²) in [5, 5.41) is 5.16. The first-order valence-electron chi connectivity index (χ1n) is 4.49. The van der Waals surface area contributed by atoms with Gasteiger partial charge < -0.3 is 4.74 Å². The van der Waals surface area contributed by atoms with E-state index in [1.54, 1.807) is 0 Å². The molecule has 0 amide bonds. The van der Waals surface area contributed by atoms with Crippen molar-refractivity contribution in [1.29, 1.82) is 0 Å². The van der Waals surface area contributed by atoms with E-state index < -0.39 is 11.0 Å². The van der Waals surface area contributed by atoms with E-state index in [1.165, 1.54) is 0 Å². The number of ether oxygens (including phenoxy) is 1. The van der Waals surface area contributed by atoms with E-state index in [1.807, 2.05) is 0 Å². The summed E-state index contributed by atoms with van der Waals surface area (Å²) in [4.78, 5) is 0. The molecule has 0 radical (unpaired) electrons.